The largest absolute Gasteiger partial charge is 0.354 e. The molecule has 2 aromatic rings. The first kappa shape index (κ1) is 12.6. The molecule has 0 saturated heterocycles. The second-order valence-corrected chi connectivity index (χ2v) is 6.15. The van der Waals surface area contributed by atoms with Crippen LogP contribution in [0.2, 0.25) is 0 Å². The third-order valence-corrected chi connectivity index (χ3v) is 4.69. The summed E-state index contributed by atoms with van der Waals surface area (Å²) in [5, 5.41) is 6.21. The van der Waals surface area contributed by atoms with E-state index in [4.69, 9.17) is 5.73 Å². The van der Waals surface area contributed by atoms with E-state index < -0.39 is 0 Å². The predicted molar refractivity (Wildman–Crippen MR) is 79.2 cm³/mol. The fourth-order valence-corrected chi connectivity index (χ4v) is 3.29. The van der Waals surface area contributed by atoms with Crippen molar-refractivity contribution in [3.63, 3.8) is 0 Å². The van der Waals surface area contributed by atoms with Gasteiger partial charge in [-0.15, -0.1) is 11.3 Å². The van der Waals surface area contributed by atoms with E-state index in [0.29, 0.717) is 18.9 Å². The molecule has 1 aromatic heterocycles. The Morgan fingerprint density at radius 3 is 3.00 bits per heavy atom. The minimum absolute atomic E-state index is 0.0691. The van der Waals surface area contributed by atoms with Crippen molar-refractivity contribution >= 4 is 27.3 Å². The van der Waals surface area contributed by atoms with Crippen LogP contribution in [0.4, 0.5) is 0 Å². The smallest absolute Gasteiger partial charge is 0.224 e. The van der Waals surface area contributed by atoms with Crippen LogP contribution in [0, 0.1) is 5.92 Å². The molecular formula is C15H18N2OS. The molecule has 1 heterocycles. The van der Waals surface area contributed by atoms with E-state index in [-0.39, 0.29) is 11.9 Å². The molecule has 1 aliphatic carbocycles. The second kappa shape index (κ2) is 5.31. The van der Waals surface area contributed by atoms with Gasteiger partial charge in [0.15, 0.2) is 0 Å². The molecule has 1 aliphatic rings. The third kappa shape index (κ3) is 2.96. The van der Waals surface area contributed by atoms with Gasteiger partial charge in [0.1, 0.15) is 0 Å². The summed E-state index contributed by atoms with van der Waals surface area (Å²) in [4.78, 5) is 11.9. The van der Waals surface area contributed by atoms with Crippen LogP contribution in [-0.2, 0) is 11.2 Å². The summed E-state index contributed by atoms with van der Waals surface area (Å²) < 4.78 is 1.24. The zero-order chi connectivity index (χ0) is 13.2. The highest BCUT2D eigenvalue weighted by Gasteiger charge is 2.28. The van der Waals surface area contributed by atoms with Crippen LogP contribution in [0.3, 0.4) is 0 Å². The normalized spacial score (nSPS) is 16.5. The van der Waals surface area contributed by atoms with E-state index in [2.05, 4.69) is 22.8 Å². The summed E-state index contributed by atoms with van der Waals surface area (Å²) in [6.45, 7) is 0.603. The standard InChI is InChI=1S/C15H18N2OS/c16-13(10-5-6-10)8-17-15(18)7-11-9-19-14-4-2-1-3-12(11)14/h1-4,9-10,13H,5-8,16H2,(H,17,18). The molecule has 3 nitrogen and oxygen atoms in total. The molecule has 4 heteroatoms. The van der Waals surface area contributed by atoms with Gasteiger partial charge in [0.25, 0.3) is 0 Å². The molecule has 3 rings (SSSR count). The van der Waals surface area contributed by atoms with Gasteiger partial charge in [-0.1, -0.05) is 18.2 Å². The van der Waals surface area contributed by atoms with E-state index >= 15 is 0 Å². The van der Waals surface area contributed by atoms with E-state index in [1.165, 1.54) is 22.9 Å². The molecule has 1 saturated carbocycles. The number of benzene rings is 1. The van der Waals surface area contributed by atoms with Crippen molar-refractivity contribution in [2.45, 2.75) is 25.3 Å². The Morgan fingerprint density at radius 1 is 1.42 bits per heavy atom. The van der Waals surface area contributed by atoms with E-state index in [0.717, 1.165) is 5.56 Å². The number of carbonyl (C=O) groups excluding carboxylic acids is 1. The maximum atomic E-state index is 11.9. The number of hydrogen-bond acceptors (Lipinski definition) is 3. The lowest BCUT2D eigenvalue weighted by molar-refractivity contribution is -0.120. The van der Waals surface area contributed by atoms with Gasteiger partial charge in [-0.25, -0.2) is 0 Å². The number of hydrogen-bond donors (Lipinski definition) is 2. The van der Waals surface area contributed by atoms with Gasteiger partial charge >= 0.3 is 0 Å². The number of nitrogens with one attached hydrogen (secondary N) is 1. The number of fused-ring (bicyclic) bond motifs is 1. The van der Waals surface area contributed by atoms with Gasteiger partial charge in [0.05, 0.1) is 6.42 Å². The number of carbonyl (C=O) groups is 1. The van der Waals surface area contributed by atoms with E-state index in [1.54, 1.807) is 11.3 Å². The summed E-state index contributed by atoms with van der Waals surface area (Å²) in [5.74, 6) is 0.696. The molecule has 0 radical (unpaired) electrons. The van der Waals surface area contributed by atoms with Gasteiger partial charge in [-0.3, -0.25) is 4.79 Å². The highest BCUT2D eigenvalue weighted by atomic mass is 32.1. The van der Waals surface area contributed by atoms with Crippen LogP contribution >= 0.6 is 11.3 Å². The molecule has 100 valence electrons. The maximum absolute atomic E-state index is 11.9. The van der Waals surface area contributed by atoms with Crippen molar-refractivity contribution in [1.29, 1.82) is 0 Å². The summed E-state index contributed by atoms with van der Waals surface area (Å²) in [7, 11) is 0. The highest BCUT2D eigenvalue weighted by Crippen LogP contribution is 2.31. The lowest BCUT2D eigenvalue weighted by Gasteiger charge is -2.11. The van der Waals surface area contributed by atoms with Crippen molar-refractivity contribution < 1.29 is 4.79 Å². The van der Waals surface area contributed by atoms with Gasteiger partial charge in [0.2, 0.25) is 5.91 Å². The number of thiophene rings is 1. The van der Waals surface area contributed by atoms with Crippen LogP contribution in [0.5, 0.6) is 0 Å². The van der Waals surface area contributed by atoms with Crippen molar-refractivity contribution in [3.05, 3.63) is 35.2 Å². The number of rotatable bonds is 5. The quantitative estimate of drug-likeness (QED) is 0.879. The molecule has 0 bridgehead atoms. The first-order chi connectivity index (χ1) is 9.24. The summed E-state index contributed by atoms with van der Waals surface area (Å²) in [6.07, 6.45) is 2.87. The van der Waals surface area contributed by atoms with Gasteiger partial charge in [0, 0.05) is 17.3 Å². The Hall–Kier alpha value is -1.39. The predicted octanol–water partition coefficient (Wildman–Crippen LogP) is 2.30. The van der Waals surface area contributed by atoms with E-state index in [9.17, 15) is 4.79 Å². The number of nitrogens with two attached hydrogens (primary N) is 1. The van der Waals surface area contributed by atoms with Crippen LogP contribution in [0.25, 0.3) is 10.1 Å². The van der Waals surface area contributed by atoms with Crippen LogP contribution < -0.4 is 11.1 Å². The van der Waals surface area contributed by atoms with Crippen molar-refractivity contribution in [2.75, 3.05) is 6.54 Å². The molecule has 1 fully saturated rings. The Morgan fingerprint density at radius 2 is 2.21 bits per heavy atom. The van der Waals surface area contributed by atoms with Crippen molar-refractivity contribution in [2.24, 2.45) is 11.7 Å². The average Bonchev–Trinajstić information content (AvgIpc) is 3.20. The Balaban J connectivity index is 1.59. The molecule has 0 aliphatic heterocycles. The molecule has 19 heavy (non-hydrogen) atoms. The Bertz CT molecular complexity index is 589. The molecule has 1 atom stereocenters. The first-order valence-electron chi connectivity index (χ1n) is 6.71. The van der Waals surface area contributed by atoms with Crippen LogP contribution in [0.15, 0.2) is 29.6 Å². The van der Waals surface area contributed by atoms with Crippen molar-refractivity contribution in [3.8, 4) is 0 Å². The van der Waals surface area contributed by atoms with Gasteiger partial charge in [-0.2, -0.15) is 0 Å². The fourth-order valence-electron chi connectivity index (χ4n) is 2.33. The summed E-state index contributed by atoms with van der Waals surface area (Å²) in [5.41, 5.74) is 7.09. The van der Waals surface area contributed by atoms with E-state index in [1.807, 2.05) is 12.1 Å². The molecule has 1 aromatic carbocycles. The minimum Gasteiger partial charge on any atom is -0.354 e. The van der Waals surface area contributed by atoms with Gasteiger partial charge < -0.3 is 11.1 Å². The molecule has 1 amide bonds. The Kier molecular flexibility index (Phi) is 3.53. The second-order valence-electron chi connectivity index (χ2n) is 5.24. The topological polar surface area (TPSA) is 55.1 Å². The number of amides is 1. The molecule has 3 N–H and O–H groups in total. The van der Waals surface area contributed by atoms with Gasteiger partial charge in [-0.05, 0) is 41.2 Å². The first-order valence-corrected chi connectivity index (χ1v) is 7.59. The van der Waals surface area contributed by atoms with Crippen LogP contribution in [-0.4, -0.2) is 18.5 Å². The minimum atomic E-state index is 0.0691. The monoisotopic (exact) mass is 274 g/mol. The third-order valence-electron chi connectivity index (χ3n) is 3.67. The summed E-state index contributed by atoms with van der Waals surface area (Å²) in [6, 6.07) is 8.33. The van der Waals surface area contributed by atoms with Crippen LogP contribution in [0.1, 0.15) is 18.4 Å². The zero-order valence-corrected chi connectivity index (χ0v) is 11.6. The SMILES string of the molecule is NC(CNC(=O)Cc1csc2ccccc12)C1CC1. The van der Waals surface area contributed by atoms with Crippen molar-refractivity contribution in [1.82, 2.24) is 5.32 Å². The average molecular weight is 274 g/mol. The molecule has 0 spiro atoms. The fraction of sp³-hybridized carbons (Fsp3) is 0.400. The highest BCUT2D eigenvalue weighted by molar-refractivity contribution is 7.17. The maximum Gasteiger partial charge on any atom is 0.224 e. The summed E-state index contributed by atoms with van der Waals surface area (Å²) >= 11 is 1.69. The lowest BCUT2D eigenvalue weighted by Crippen LogP contribution is -2.39. The Labute approximate surface area is 116 Å². The molecular weight excluding hydrogens is 256 g/mol. The zero-order valence-electron chi connectivity index (χ0n) is 10.8. The molecule has 1 unspecified atom stereocenters. The lowest BCUT2D eigenvalue weighted by atomic mass is 10.1.